The largest absolute Gasteiger partial charge is 0.480 e. The van der Waals surface area contributed by atoms with Gasteiger partial charge in [0, 0.05) is 19.0 Å². The lowest BCUT2D eigenvalue weighted by Crippen LogP contribution is -2.48. The van der Waals surface area contributed by atoms with Gasteiger partial charge >= 0.3 is 12.0 Å². The number of carboxylic acids is 1. The van der Waals surface area contributed by atoms with Gasteiger partial charge in [0.05, 0.1) is 0 Å². The number of amides is 2. The zero-order chi connectivity index (χ0) is 14.4. The second-order valence-electron chi connectivity index (χ2n) is 4.87. The van der Waals surface area contributed by atoms with Crippen LogP contribution >= 0.6 is 0 Å². The van der Waals surface area contributed by atoms with Crippen molar-refractivity contribution in [1.29, 1.82) is 0 Å². The Kier molecular flexibility index (Phi) is 4.91. The normalized spacial score (nSPS) is 15.2. The predicted molar refractivity (Wildman–Crippen MR) is 70.1 cm³/mol. The molecule has 0 atom stereocenters. The number of carboxylic acid groups (broad SMARTS) is 1. The number of urea groups is 1. The summed E-state index contributed by atoms with van der Waals surface area (Å²) in [5, 5.41) is 18.1. The van der Waals surface area contributed by atoms with E-state index in [1.807, 2.05) is 0 Å². The maximum Gasteiger partial charge on any atom is 0.323 e. The molecule has 20 heavy (non-hydrogen) atoms. The third-order valence-electron chi connectivity index (χ3n) is 3.43. The van der Waals surface area contributed by atoms with Crippen molar-refractivity contribution in [3.05, 3.63) is 12.2 Å². The molecule has 0 saturated heterocycles. The van der Waals surface area contributed by atoms with Gasteiger partial charge in [-0.05, 0) is 12.8 Å². The number of aromatic nitrogens is 3. The summed E-state index contributed by atoms with van der Waals surface area (Å²) in [4.78, 5) is 28.4. The van der Waals surface area contributed by atoms with E-state index in [0.717, 1.165) is 25.7 Å². The molecule has 3 N–H and O–H groups in total. The van der Waals surface area contributed by atoms with Crippen LogP contribution in [0.1, 0.15) is 31.5 Å². The summed E-state index contributed by atoms with van der Waals surface area (Å²) in [7, 11) is 0. The molecular weight excluding hydrogens is 262 g/mol. The first-order valence-corrected chi connectivity index (χ1v) is 6.77. The number of carbonyl (C=O) groups is 2. The Balaban J connectivity index is 1.83. The molecule has 1 fully saturated rings. The van der Waals surface area contributed by atoms with Crippen LogP contribution in [0.4, 0.5) is 4.79 Å². The molecule has 1 aromatic rings. The van der Waals surface area contributed by atoms with Gasteiger partial charge in [-0.25, -0.2) is 9.78 Å². The number of nitrogens with zero attached hydrogens (tertiary/aromatic N) is 3. The fraction of sp³-hybridized carbons (Fsp3) is 0.667. The topological polar surface area (TPSA) is 111 Å². The van der Waals surface area contributed by atoms with Crippen LogP contribution < -0.4 is 5.32 Å². The molecule has 2 rings (SSSR count). The number of aliphatic carboxylic acids is 1. The molecule has 0 spiro atoms. The van der Waals surface area contributed by atoms with Gasteiger partial charge < -0.3 is 15.3 Å². The second-order valence-corrected chi connectivity index (χ2v) is 4.87. The smallest absolute Gasteiger partial charge is 0.323 e. The first kappa shape index (κ1) is 14.3. The molecule has 8 heteroatoms. The van der Waals surface area contributed by atoms with Gasteiger partial charge in [0.2, 0.25) is 0 Å². The number of nitrogens with one attached hydrogen (secondary N) is 2. The molecule has 8 nitrogen and oxygen atoms in total. The Bertz CT molecular complexity index is 442. The highest BCUT2D eigenvalue weighted by Crippen LogP contribution is 2.23. The van der Waals surface area contributed by atoms with Crippen molar-refractivity contribution in [2.45, 2.75) is 38.1 Å². The summed E-state index contributed by atoms with van der Waals surface area (Å²) in [6.07, 6.45) is 5.80. The van der Waals surface area contributed by atoms with Crippen molar-refractivity contribution in [2.24, 2.45) is 0 Å². The summed E-state index contributed by atoms with van der Waals surface area (Å²) in [6, 6.07) is -0.282. The lowest BCUT2D eigenvalue weighted by atomic mass is 10.2. The number of carbonyl (C=O) groups excluding carboxylic acids is 1. The van der Waals surface area contributed by atoms with E-state index < -0.39 is 5.97 Å². The van der Waals surface area contributed by atoms with Crippen molar-refractivity contribution in [1.82, 2.24) is 25.4 Å². The SMILES string of the molecule is O=C(O)CN(C(=O)NCCc1ncn[nH]1)C1CCCC1. The first-order chi connectivity index (χ1) is 9.66. The van der Waals surface area contributed by atoms with E-state index in [1.54, 1.807) is 0 Å². The van der Waals surface area contributed by atoms with Gasteiger partial charge in [0.15, 0.2) is 0 Å². The second kappa shape index (κ2) is 6.88. The van der Waals surface area contributed by atoms with Crippen molar-refractivity contribution in [3.63, 3.8) is 0 Å². The fourth-order valence-corrected chi connectivity index (χ4v) is 2.47. The maximum absolute atomic E-state index is 12.1. The van der Waals surface area contributed by atoms with Gasteiger partial charge in [-0.2, -0.15) is 5.10 Å². The minimum absolute atomic E-state index is 0.0383. The number of hydrogen-bond acceptors (Lipinski definition) is 4. The van der Waals surface area contributed by atoms with Gasteiger partial charge in [-0.1, -0.05) is 12.8 Å². The zero-order valence-electron chi connectivity index (χ0n) is 11.2. The fourth-order valence-electron chi connectivity index (χ4n) is 2.47. The first-order valence-electron chi connectivity index (χ1n) is 6.77. The average molecular weight is 281 g/mol. The number of H-pyrrole nitrogens is 1. The minimum Gasteiger partial charge on any atom is -0.480 e. The van der Waals surface area contributed by atoms with Crippen LogP contribution in [0.2, 0.25) is 0 Å². The highest BCUT2D eigenvalue weighted by atomic mass is 16.4. The van der Waals surface area contributed by atoms with Crippen molar-refractivity contribution in [2.75, 3.05) is 13.1 Å². The Labute approximate surface area is 116 Å². The molecule has 110 valence electrons. The van der Waals surface area contributed by atoms with Crippen LogP contribution in [0, 0.1) is 0 Å². The highest BCUT2D eigenvalue weighted by Gasteiger charge is 2.28. The zero-order valence-corrected chi connectivity index (χ0v) is 11.2. The average Bonchev–Trinajstić information content (AvgIpc) is 3.08. The molecule has 1 heterocycles. The number of hydrogen-bond donors (Lipinski definition) is 3. The van der Waals surface area contributed by atoms with Crippen LogP contribution in [0.15, 0.2) is 6.33 Å². The van der Waals surface area contributed by atoms with E-state index in [1.165, 1.54) is 11.2 Å². The Morgan fingerprint density at radius 2 is 2.20 bits per heavy atom. The van der Waals surface area contributed by atoms with Crippen molar-refractivity contribution >= 4 is 12.0 Å². The summed E-state index contributed by atoms with van der Waals surface area (Å²) in [5.74, 6) is -0.293. The molecule has 0 aliphatic heterocycles. The Hall–Kier alpha value is -2.12. The van der Waals surface area contributed by atoms with E-state index in [-0.39, 0.29) is 18.6 Å². The van der Waals surface area contributed by atoms with Crippen molar-refractivity contribution in [3.8, 4) is 0 Å². The molecule has 0 bridgehead atoms. The predicted octanol–water partition coefficient (Wildman–Crippen LogP) is 0.386. The van der Waals surface area contributed by atoms with Gasteiger partial charge in [-0.15, -0.1) is 0 Å². The summed E-state index contributed by atoms with van der Waals surface area (Å²) in [5.41, 5.74) is 0. The van der Waals surface area contributed by atoms with Crippen molar-refractivity contribution < 1.29 is 14.7 Å². The lowest BCUT2D eigenvalue weighted by Gasteiger charge is -2.27. The molecule has 2 amide bonds. The van der Waals surface area contributed by atoms with Crippen LogP contribution in [0.5, 0.6) is 0 Å². The Morgan fingerprint density at radius 3 is 2.80 bits per heavy atom. The lowest BCUT2D eigenvalue weighted by molar-refractivity contribution is -0.138. The van der Waals surface area contributed by atoms with Crippen LogP contribution in [-0.4, -0.2) is 56.3 Å². The van der Waals surface area contributed by atoms with E-state index in [0.29, 0.717) is 18.8 Å². The number of aromatic amines is 1. The minimum atomic E-state index is -0.984. The van der Waals surface area contributed by atoms with E-state index >= 15 is 0 Å². The molecule has 0 unspecified atom stereocenters. The monoisotopic (exact) mass is 281 g/mol. The standard InChI is InChI=1S/C12H19N5O3/c18-11(19)7-17(9-3-1-2-4-9)12(20)13-6-5-10-14-8-15-16-10/h8-9H,1-7H2,(H,13,20)(H,18,19)(H,14,15,16). The molecule has 0 aromatic carbocycles. The maximum atomic E-state index is 12.1. The van der Waals surface area contributed by atoms with E-state index in [2.05, 4.69) is 20.5 Å². The van der Waals surface area contributed by atoms with Crippen LogP contribution in [-0.2, 0) is 11.2 Å². The van der Waals surface area contributed by atoms with Crippen LogP contribution in [0.25, 0.3) is 0 Å². The quantitative estimate of drug-likeness (QED) is 0.698. The highest BCUT2D eigenvalue weighted by molar-refractivity contribution is 5.80. The van der Waals surface area contributed by atoms with Crippen LogP contribution in [0.3, 0.4) is 0 Å². The third kappa shape index (κ3) is 3.94. The third-order valence-corrected chi connectivity index (χ3v) is 3.43. The summed E-state index contributed by atoms with van der Waals surface area (Å²) in [6.45, 7) is 0.148. The molecule has 0 radical (unpaired) electrons. The Morgan fingerprint density at radius 1 is 1.45 bits per heavy atom. The molecule has 1 aliphatic rings. The van der Waals surface area contributed by atoms with Gasteiger partial charge in [0.25, 0.3) is 0 Å². The molecule has 1 saturated carbocycles. The van der Waals surface area contributed by atoms with E-state index in [4.69, 9.17) is 5.11 Å². The van der Waals surface area contributed by atoms with Gasteiger partial charge in [-0.3, -0.25) is 9.89 Å². The van der Waals surface area contributed by atoms with Gasteiger partial charge in [0.1, 0.15) is 18.7 Å². The molecule has 1 aromatic heterocycles. The molecule has 1 aliphatic carbocycles. The van der Waals surface area contributed by atoms with E-state index in [9.17, 15) is 9.59 Å². The summed E-state index contributed by atoms with van der Waals surface area (Å²) >= 11 is 0. The molecular formula is C12H19N5O3. The number of rotatable bonds is 6. The summed E-state index contributed by atoms with van der Waals surface area (Å²) < 4.78 is 0.